The van der Waals surface area contributed by atoms with Crippen molar-refractivity contribution in [2.24, 2.45) is 5.73 Å². The standard InChI is InChI=1S/C13H14N2O/c1-2-10-5-7-11(8-6-10)15-9-3-4-12(15)13(14)16/h3-9H,2H2,1H3,(H2,14,16). The van der Waals surface area contributed by atoms with Crippen molar-refractivity contribution < 1.29 is 4.79 Å². The number of aryl methyl sites for hydroxylation is 1. The number of nitrogens with zero attached hydrogens (tertiary/aromatic N) is 1. The van der Waals surface area contributed by atoms with Gasteiger partial charge in [0, 0.05) is 11.9 Å². The molecule has 0 atom stereocenters. The van der Waals surface area contributed by atoms with E-state index in [-0.39, 0.29) is 0 Å². The van der Waals surface area contributed by atoms with Gasteiger partial charge in [0.05, 0.1) is 0 Å². The Kier molecular flexibility index (Phi) is 2.77. The number of aromatic nitrogens is 1. The fourth-order valence-corrected chi connectivity index (χ4v) is 1.70. The summed E-state index contributed by atoms with van der Waals surface area (Å²) in [7, 11) is 0. The van der Waals surface area contributed by atoms with Crippen LogP contribution >= 0.6 is 0 Å². The highest BCUT2D eigenvalue weighted by Crippen LogP contribution is 2.13. The fraction of sp³-hybridized carbons (Fsp3) is 0.154. The first-order valence-corrected chi connectivity index (χ1v) is 5.29. The van der Waals surface area contributed by atoms with Gasteiger partial charge in [0.2, 0.25) is 0 Å². The number of nitrogens with two attached hydrogens (primary N) is 1. The molecule has 3 nitrogen and oxygen atoms in total. The van der Waals surface area contributed by atoms with Gasteiger partial charge in [0.15, 0.2) is 0 Å². The largest absolute Gasteiger partial charge is 0.364 e. The minimum atomic E-state index is -0.412. The number of carbonyl (C=O) groups excluding carboxylic acids is 1. The second-order valence-corrected chi connectivity index (χ2v) is 3.65. The monoisotopic (exact) mass is 214 g/mol. The summed E-state index contributed by atoms with van der Waals surface area (Å²) in [6, 6.07) is 11.6. The van der Waals surface area contributed by atoms with Crippen molar-refractivity contribution in [1.82, 2.24) is 4.57 Å². The third-order valence-electron chi connectivity index (χ3n) is 2.62. The number of rotatable bonds is 3. The van der Waals surface area contributed by atoms with Gasteiger partial charge in [-0.25, -0.2) is 0 Å². The van der Waals surface area contributed by atoms with Crippen LogP contribution in [0.25, 0.3) is 5.69 Å². The first-order valence-electron chi connectivity index (χ1n) is 5.29. The number of primary amides is 1. The van der Waals surface area contributed by atoms with Crippen LogP contribution in [0, 0.1) is 0 Å². The first kappa shape index (κ1) is 10.5. The average Bonchev–Trinajstić information content (AvgIpc) is 2.78. The molecular weight excluding hydrogens is 200 g/mol. The molecule has 3 heteroatoms. The number of amides is 1. The highest BCUT2D eigenvalue weighted by molar-refractivity contribution is 5.91. The van der Waals surface area contributed by atoms with E-state index in [1.165, 1.54) is 5.56 Å². The lowest BCUT2D eigenvalue weighted by molar-refractivity contribution is 0.0994. The molecule has 0 aliphatic rings. The van der Waals surface area contributed by atoms with Crippen molar-refractivity contribution in [3.8, 4) is 5.69 Å². The first-order chi connectivity index (χ1) is 7.72. The molecule has 0 saturated carbocycles. The van der Waals surface area contributed by atoms with E-state index in [9.17, 15) is 4.79 Å². The minimum absolute atomic E-state index is 0.412. The van der Waals surface area contributed by atoms with Crippen molar-refractivity contribution >= 4 is 5.91 Å². The highest BCUT2D eigenvalue weighted by Gasteiger charge is 2.07. The number of hydrogen-bond acceptors (Lipinski definition) is 1. The van der Waals surface area contributed by atoms with Crippen molar-refractivity contribution in [1.29, 1.82) is 0 Å². The summed E-state index contributed by atoms with van der Waals surface area (Å²) in [6.45, 7) is 2.11. The van der Waals surface area contributed by atoms with Crippen molar-refractivity contribution in [2.45, 2.75) is 13.3 Å². The summed E-state index contributed by atoms with van der Waals surface area (Å²) in [5, 5.41) is 0. The summed E-state index contributed by atoms with van der Waals surface area (Å²) in [5.41, 5.74) is 8.03. The summed E-state index contributed by atoms with van der Waals surface area (Å²) in [4.78, 5) is 11.2. The van der Waals surface area contributed by atoms with Gasteiger partial charge in [0.25, 0.3) is 5.91 Å². The molecule has 82 valence electrons. The van der Waals surface area contributed by atoms with E-state index < -0.39 is 5.91 Å². The van der Waals surface area contributed by atoms with Gasteiger partial charge in [0.1, 0.15) is 5.69 Å². The SMILES string of the molecule is CCc1ccc(-n2cccc2C(N)=O)cc1. The molecule has 16 heavy (non-hydrogen) atoms. The van der Waals surface area contributed by atoms with Crippen molar-refractivity contribution in [3.63, 3.8) is 0 Å². The van der Waals surface area contributed by atoms with Crippen LogP contribution in [0.1, 0.15) is 23.0 Å². The average molecular weight is 214 g/mol. The molecule has 2 N–H and O–H groups in total. The Bertz CT molecular complexity index is 497. The Hall–Kier alpha value is -2.03. The topological polar surface area (TPSA) is 48.0 Å². The fourth-order valence-electron chi connectivity index (χ4n) is 1.70. The lowest BCUT2D eigenvalue weighted by Gasteiger charge is -2.07. The molecule has 0 aliphatic heterocycles. The Morgan fingerprint density at radius 1 is 1.25 bits per heavy atom. The molecule has 0 saturated heterocycles. The van der Waals surface area contributed by atoms with Gasteiger partial charge in [-0.15, -0.1) is 0 Å². The Morgan fingerprint density at radius 3 is 2.50 bits per heavy atom. The van der Waals surface area contributed by atoms with Crippen LogP contribution in [-0.4, -0.2) is 10.5 Å². The van der Waals surface area contributed by atoms with Crippen molar-refractivity contribution in [3.05, 3.63) is 53.9 Å². The Balaban J connectivity index is 2.42. The molecule has 0 fully saturated rings. The summed E-state index contributed by atoms with van der Waals surface area (Å²) in [5.74, 6) is -0.412. The molecule has 2 rings (SSSR count). The maximum atomic E-state index is 11.2. The zero-order chi connectivity index (χ0) is 11.5. The van der Waals surface area contributed by atoms with E-state index in [0.717, 1.165) is 12.1 Å². The molecule has 0 aliphatic carbocycles. The zero-order valence-corrected chi connectivity index (χ0v) is 9.18. The second-order valence-electron chi connectivity index (χ2n) is 3.65. The maximum Gasteiger partial charge on any atom is 0.265 e. The van der Waals surface area contributed by atoms with Crippen LogP contribution in [0.2, 0.25) is 0 Å². The summed E-state index contributed by atoms with van der Waals surface area (Å²) >= 11 is 0. The molecule has 1 aromatic heterocycles. The zero-order valence-electron chi connectivity index (χ0n) is 9.18. The van der Waals surface area contributed by atoms with Gasteiger partial charge < -0.3 is 10.3 Å². The molecule has 0 unspecified atom stereocenters. The number of carbonyl (C=O) groups is 1. The van der Waals surface area contributed by atoms with Crippen LogP contribution in [0.15, 0.2) is 42.6 Å². The van der Waals surface area contributed by atoms with Gasteiger partial charge in [-0.3, -0.25) is 4.79 Å². The molecule has 1 amide bonds. The van der Waals surface area contributed by atoms with Crippen LogP contribution in [0.4, 0.5) is 0 Å². The second kappa shape index (κ2) is 4.23. The van der Waals surface area contributed by atoms with Gasteiger partial charge >= 0.3 is 0 Å². The molecule has 1 heterocycles. The van der Waals surface area contributed by atoms with E-state index in [1.54, 1.807) is 10.6 Å². The predicted molar refractivity (Wildman–Crippen MR) is 63.7 cm³/mol. The van der Waals surface area contributed by atoms with E-state index in [2.05, 4.69) is 19.1 Å². The third-order valence-corrected chi connectivity index (χ3v) is 2.62. The van der Waals surface area contributed by atoms with Gasteiger partial charge in [-0.2, -0.15) is 0 Å². The predicted octanol–water partition coefficient (Wildman–Crippen LogP) is 2.14. The molecule has 0 bridgehead atoms. The lowest BCUT2D eigenvalue weighted by atomic mass is 10.1. The molecule has 0 spiro atoms. The molecular formula is C13H14N2O. The van der Waals surface area contributed by atoms with Crippen LogP contribution < -0.4 is 5.73 Å². The number of benzene rings is 1. The van der Waals surface area contributed by atoms with Gasteiger partial charge in [-0.05, 0) is 36.2 Å². The third kappa shape index (κ3) is 1.84. The van der Waals surface area contributed by atoms with E-state index in [1.807, 2.05) is 24.4 Å². The van der Waals surface area contributed by atoms with Crippen LogP contribution in [-0.2, 0) is 6.42 Å². The van der Waals surface area contributed by atoms with Gasteiger partial charge in [-0.1, -0.05) is 19.1 Å². The number of hydrogen-bond donors (Lipinski definition) is 1. The summed E-state index contributed by atoms with van der Waals surface area (Å²) in [6.07, 6.45) is 2.84. The van der Waals surface area contributed by atoms with Crippen molar-refractivity contribution in [2.75, 3.05) is 0 Å². The molecule has 0 radical (unpaired) electrons. The molecule has 1 aromatic carbocycles. The van der Waals surface area contributed by atoms with E-state index in [4.69, 9.17) is 5.73 Å². The van der Waals surface area contributed by atoms with E-state index >= 15 is 0 Å². The maximum absolute atomic E-state index is 11.2. The Morgan fingerprint density at radius 2 is 1.94 bits per heavy atom. The van der Waals surface area contributed by atoms with Crippen LogP contribution in [0.5, 0.6) is 0 Å². The smallest absolute Gasteiger partial charge is 0.265 e. The minimum Gasteiger partial charge on any atom is -0.364 e. The van der Waals surface area contributed by atoms with Crippen LogP contribution in [0.3, 0.4) is 0 Å². The lowest BCUT2D eigenvalue weighted by Crippen LogP contribution is -2.15. The molecule has 2 aromatic rings. The quantitative estimate of drug-likeness (QED) is 0.836. The normalized spacial score (nSPS) is 10.3. The highest BCUT2D eigenvalue weighted by atomic mass is 16.1. The Labute approximate surface area is 94.5 Å². The summed E-state index contributed by atoms with van der Waals surface area (Å²) < 4.78 is 1.79. The van der Waals surface area contributed by atoms with E-state index in [0.29, 0.717) is 5.69 Å².